The maximum absolute atomic E-state index is 12.2. The van der Waals surface area contributed by atoms with Gasteiger partial charge in [-0.05, 0) is 6.92 Å². The minimum Gasteiger partial charge on any atom is -0.442 e. The molecule has 0 saturated carbocycles. The zero-order chi connectivity index (χ0) is 16.3. The van der Waals surface area contributed by atoms with Gasteiger partial charge in [0.2, 0.25) is 0 Å². The Balaban J connectivity index is 5.29. The minimum absolute atomic E-state index is 0.415. The molecule has 0 heterocycles. The van der Waals surface area contributed by atoms with Crippen LogP contribution in [0.25, 0.3) is 0 Å². The van der Waals surface area contributed by atoms with Crippen LogP contribution in [0, 0.1) is 5.92 Å². The van der Waals surface area contributed by atoms with Crippen molar-refractivity contribution in [2.24, 2.45) is 5.92 Å². The third-order valence-electron chi connectivity index (χ3n) is 2.14. The van der Waals surface area contributed by atoms with Crippen molar-refractivity contribution in [2.75, 3.05) is 0 Å². The first-order valence-electron chi connectivity index (χ1n) is 5.19. The molecule has 0 radical (unpaired) electrons. The molecule has 0 aromatic heterocycles. The molecule has 0 fully saturated rings. The summed E-state index contributed by atoms with van der Waals surface area (Å²) in [7, 11) is 0. The lowest BCUT2D eigenvalue weighted by atomic mass is 9.98. The molecule has 0 aliphatic rings. The van der Waals surface area contributed by atoms with Crippen LogP contribution >= 0.6 is 0 Å². The van der Waals surface area contributed by atoms with Crippen molar-refractivity contribution in [1.82, 2.24) is 0 Å². The zero-order valence-electron chi connectivity index (χ0n) is 10.3. The first kappa shape index (κ1) is 18.4. The monoisotopic (exact) mass is 308 g/mol. The quantitative estimate of drug-likeness (QED) is 0.444. The summed E-state index contributed by atoms with van der Waals surface area (Å²) in [4.78, 5) is 33.4. The second-order valence-corrected chi connectivity index (χ2v) is 3.76. The van der Waals surface area contributed by atoms with Crippen LogP contribution in [0.2, 0.25) is 0 Å². The van der Waals surface area contributed by atoms with Gasteiger partial charge in [-0.25, -0.2) is 0 Å². The Labute approximate surface area is 109 Å². The highest BCUT2D eigenvalue weighted by Crippen LogP contribution is 2.36. The molecule has 0 aromatic rings. The predicted octanol–water partition coefficient (Wildman–Crippen LogP) is 2.21. The van der Waals surface area contributed by atoms with E-state index in [0.717, 1.165) is 0 Å². The van der Waals surface area contributed by atoms with Gasteiger partial charge in [0.25, 0.3) is 6.10 Å². The Morgan fingerprint density at radius 3 is 1.65 bits per heavy atom. The van der Waals surface area contributed by atoms with E-state index in [1.807, 2.05) is 0 Å². The van der Waals surface area contributed by atoms with Crippen molar-refractivity contribution in [3.8, 4) is 0 Å². The molecular formula is C10H10F6O4. The number of carbonyl (C=O) groups excluding carboxylic acids is 3. The fourth-order valence-electron chi connectivity index (χ4n) is 1.23. The van der Waals surface area contributed by atoms with E-state index in [9.17, 15) is 40.7 Å². The topological polar surface area (TPSA) is 60.4 Å². The van der Waals surface area contributed by atoms with Gasteiger partial charge in [0.15, 0.2) is 17.5 Å². The van der Waals surface area contributed by atoms with E-state index in [1.54, 1.807) is 0 Å². The molecule has 20 heavy (non-hydrogen) atoms. The van der Waals surface area contributed by atoms with Crippen molar-refractivity contribution >= 4 is 17.5 Å². The number of hydrogen-bond donors (Lipinski definition) is 0. The average Bonchev–Trinajstić information content (AvgIpc) is 2.22. The Morgan fingerprint density at radius 1 is 1.00 bits per heavy atom. The summed E-state index contributed by atoms with van der Waals surface area (Å²) in [5.74, 6) is -6.76. The van der Waals surface area contributed by atoms with Crippen molar-refractivity contribution in [2.45, 2.75) is 38.7 Å². The lowest BCUT2D eigenvalue weighted by Gasteiger charge is -2.24. The number of rotatable bonds is 5. The van der Waals surface area contributed by atoms with Gasteiger partial charge in [-0.3, -0.25) is 14.4 Å². The minimum atomic E-state index is -5.90. The largest absolute Gasteiger partial charge is 0.442 e. The molecule has 1 unspecified atom stereocenters. The number of carbonyl (C=O) groups is 3. The zero-order valence-corrected chi connectivity index (χ0v) is 10.3. The molecule has 4 nitrogen and oxygen atoms in total. The van der Waals surface area contributed by atoms with Crippen LogP contribution in [-0.4, -0.2) is 36.0 Å². The standard InChI is InChI=1S/C10H10F6O4/c1-3-5(18)6(4(2)17)7(19)20-8(9(11,12)13)10(14,15)16/h6,8H,3H2,1-2H3. The van der Waals surface area contributed by atoms with E-state index in [1.165, 1.54) is 6.92 Å². The number of ketones is 2. The molecule has 0 spiro atoms. The molecule has 116 valence electrons. The molecule has 0 aliphatic heterocycles. The summed E-state index contributed by atoms with van der Waals surface area (Å²) in [5.41, 5.74) is 0. The van der Waals surface area contributed by atoms with Gasteiger partial charge in [-0.1, -0.05) is 6.92 Å². The summed E-state index contributed by atoms with van der Waals surface area (Å²) in [6.07, 6.45) is -16.6. The summed E-state index contributed by atoms with van der Waals surface area (Å²) in [5, 5.41) is 0. The molecule has 0 N–H and O–H groups in total. The van der Waals surface area contributed by atoms with Gasteiger partial charge in [-0.2, -0.15) is 26.3 Å². The van der Waals surface area contributed by atoms with Crippen molar-refractivity contribution in [3.05, 3.63) is 0 Å². The van der Waals surface area contributed by atoms with Crippen LogP contribution < -0.4 is 0 Å². The van der Waals surface area contributed by atoms with E-state index >= 15 is 0 Å². The number of ether oxygens (including phenoxy) is 1. The highest BCUT2D eigenvalue weighted by atomic mass is 19.4. The normalized spacial score (nSPS) is 14.1. The van der Waals surface area contributed by atoms with Gasteiger partial charge >= 0.3 is 18.3 Å². The van der Waals surface area contributed by atoms with E-state index in [4.69, 9.17) is 0 Å². The van der Waals surface area contributed by atoms with Crippen LogP contribution in [0.5, 0.6) is 0 Å². The Bertz CT molecular complexity index is 384. The number of halogens is 6. The second-order valence-electron chi connectivity index (χ2n) is 3.76. The molecule has 0 saturated heterocycles. The van der Waals surface area contributed by atoms with Crippen LogP contribution in [-0.2, 0) is 19.1 Å². The molecule has 0 aliphatic carbocycles. The van der Waals surface area contributed by atoms with Gasteiger partial charge in [0.1, 0.15) is 0 Å². The van der Waals surface area contributed by atoms with Crippen LogP contribution in [0.1, 0.15) is 20.3 Å². The summed E-state index contributed by atoms with van der Waals surface area (Å²) >= 11 is 0. The van der Waals surface area contributed by atoms with Gasteiger partial charge in [0, 0.05) is 6.42 Å². The SMILES string of the molecule is CCC(=O)C(C(C)=O)C(=O)OC(C(F)(F)F)C(F)(F)F. The third-order valence-corrected chi connectivity index (χ3v) is 2.14. The van der Waals surface area contributed by atoms with Crippen molar-refractivity contribution < 1.29 is 45.5 Å². The van der Waals surface area contributed by atoms with Crippen molar-refractivity contribution in [3.63, 3.8) is 0 Å². The number of hydrogen-bond acceptors (Lipinski definition) is 4. The molecule has 0 aromatic carbocycles. The smallest absolute Gasteiger partial charge is 0.434 e. The van der Waals surface area contributed by atoms with E-state index in [0.29, 0.717) is 6.92 Å². The highest BCUT2D eigenvalue weighted by Gasteiger charge is 2.60. The summed E-state index contributed by atoms with van der Waals surface area (Å²) in [6.45, 7) is 1.88. The number of esters is 1. The molecule has 0 bridgehead atoms. The van der Waals surface area contributed by atoms with E-state index in [2.05, 4.69) is 4.74 Å². The van der Waals surface area contributed by atoms with Gasteiger partial charge < -0.3 is 4.74 Å². The van der Waals surface area contributed by atoms with Gasteiger partial charge in [0.05, 0.1) is 0 Å². The first-order valence-corrected chi connectivity index (χ1v) is 5.19. The van der Waals surface area contributed by atoms with Crippen LogP contribution in [0.4, 0.5) is 26.3 Å². The van der Waals surface area contributed by atoms with E-state index in [-0.39, 0.29) is 0 Å². The number of Topliss-reactive ketones (excluding diaryl/α,β-unsaturated/α-hetero) is 2. The Hall–Kier alpha value is -1.61. The maximum atomic E-state index is 12.2. The summed E-state index contributed by atoms with van der Waals surface area (Å²) < 4.78 is 76.2. The average molecular weight is 308 g/mol. The molecule has 0 amide bonds. The molecule has 0 rings (SSSR count). The Kier molecular flexibility index (Phi) is 5.73. The van der Waals surface area contributed by atoms with Crippen LogP contribution in [0.3, 0.4) is 0 Å². The summed E-state index contributed by atoms with van der Waals surface area (Å²) in [6, 6.07) is 0. The third kappa shape index (κ3) is 4.82. The molecule has 1 atom stereocenters. The molecular weight excluding hydrogens is 298 g/mol. The first-order chi connectivity index (χ1) is 8.82. The Morgan fingerprint density at radius 2 is 1.40 bits per heavy atom. The maximum Gasteiger partial charge on any atom is 0.434 e. The fourth-order valence-corrected chi connectivity index (χ4v) is 1.23. The molecule has 10 heteroatoms. The lowest BCUT2D eigenvalue weighted by molar-refractivity contribution is -0.314. The van der Waals surface area contributed by atoms with Crippen LogP contribution in [0.15, 0.2) is 0 Å². The highest BCUT2D eigenvalue weighted by molar-refractivity contribution is 6.16. The van der Waals surface area contributed by atoms with E-state index < -0.39 is 48.3 Å². The predicted molar refractivity (Wildman–Crippen MR) is 51.5 cm³/mol. The fraction of sp³-hybridized carbons (Fsp3) is 0.700. The van der Waals surface area contributed by atoms with Gasteiger partial charge in [-0.15, -0.1) is 0 Å². The second kappa shape index (κ2) is 6.23. The van der Waals surface area contributed by atoms with Crippen molar-refractivity contribution in [1.29, 1.82) is 0 Å². The number of alkyl halides is 6. The lowest BCUT2D eigenvalue weighted by Crippen LogP contribution is -2.47.